The van der Waals surface area contributed by atoms with Crippen LogP contribution in [0.1, 0.15) is 15.9 Å². The van der Waals surface area contributed by atoms with Crippen molar-refractivity contribution in [2.45, 2.75) is 6.42 Å². The molecular weight excluding hydrogens is 375 g/mol. The van der Waals surface area contributed by atoms with Crippen molar-refractivity contribution in [1.29, 1.82) is 0 Å². The number of benzene rings is 2. The molecule has 0 aliphatic heterocycles. The third-order valence-electron chi connectivity index (χ3n) is 4.19. The lowest BCUT2D eigenvalue weighted by atomic mass is 10.1. The monoisotopic (exact) mass is 396 g/mol. The Morgan fingerprint density at radius 1 is 1.03 bits per heavy atom. The van der Waals surface area contributed by atoms with Gasteiger partial charge in [0.2, 0.25) is 5.95 Å². The number of amides is 1. The maximum Gasteiger partial charge on any atom is 0.258 e. The van der Waals surface area contributed by atoms with Crippen molar-refractivity contribution in [2.24, 2.45) is 0 Å². The molecule has 1 aromatic heterocycles. The molecule has 29 heavy (non-hydrogen) atoms. The second kappa shape index (κ2) is 9.50. The van der Waals surface area contributed by atoms with Gasteiger partial charge in [0, 0.05) is 30.7 Å². The number of halogens is 1. The molecule has 0 saturated heterocycles. The second-order valence-electron chi connectivity index (χ2n) is 6.09. The van der Waals surface area contributed by atoms with Gasteiger partial charge in [0.1, 0.15) is 5.82 Å². The van der Waals surface area contributed by atoms with Gasteiger partial charge in [-0.05, 0) is 30.2 Å². The summed E-state index contributed by atoms with van der Waals surface area (Å²) >= 11 is 0. The minimum atomic E-state index is -0.352. The fourth-order valence-electron chi connectivity index (χ4n) is 2.66. The third kappa shape index (κ3) is 5.19. The van der Waals surface area contributed by atoms with Gasteiger partial charge >= 0.3 is 0 Å². The molecule has 2 N–H and O–H groups in total. The largest absolute Gasteiger partial charge is 0.493 e. The Hall–Kier alpha value is -3.68. The van der Waals surface area contributed by atoms with Crippen LogP contribution in [0.2, 0.25) is 0 Å². The molecule has 0 spiro atoms. The minimum Gasteiger partial charge on any atom is -0.493 e. The predicted octanol–water partition coefficient (Wildman–Crippen LogP) is 3.54. The number of hydrogen-bond acceptors (Lipinski definition) is 6. The molecule has 0 fully saturated rings. The first kappa shape index (κ1) is 20.1. The smallest absolute Gasteiger partial charge is 0.258 e. The molecule has 2 aromatic carbocycles. The second-order valence-corrected chi connectivity index (χ2v) is 6.09. The quantitative estimate of drug-likeness (QED) is 0.606. The van der Waals surface area contributed by atoms with Crippen LogP contribution >= 0.6 is 0 Å². The highest BCUT2D eigenvalue weighted by Gasteiger charge is 2.10. The lowest BCUT2D eigenvalue weighted by Gasteiger charge is -2.10. The number of ether oxygens (including phenoxy) is 2. The van der Waals surface area contributed by atoms with Gasteiger partial charge in [-0.3, -0.25) is 4.79 Å². The van der Waals surface area contributed by atoms with Crippen LogP contribution in [-0.2, 0) is 6.42 Å². The van der Waals surface area contributed by atoms with E-state index in [4.69, 9.17) is 9.47 Å². The number of aromatic nitrogens is 2. The number of carbonyl (C=O) groups is 1. The van der Waals surface area contributed by atoms with Crippen LogP contribution < -0.4 is 20.1 Å². The molecule has 3 rings (SSSR count). The number of hydrogen-bond donors (Lipinski definition) is 2. The maximum absolute atomic E-state index is 13.6. The summed E-state index contributed by atoms with van der Waals surface area (Å²) < 4.78 is 24.0. The summed E-state index contributed by atoms with van der Waals surface area (Å²) in [6.07, 6.45) is 3.35. The van der Waals surface area contributed by atoms with E-state index in [1.54, 1.807) is 43.5 Å². The zero-order valence-electron chi connectivity index (χ0n) is 16.1. The molecule has 7 nitrogen and oxygen atoms in total. The highest BCUT2D eigenvalue weighted by Crippen LogP contribution is 2.29. The predicted molar refractivity (Wildman–Crippen MR) is 108 cm³/mol. The third-order valence-corrected chi connectivity index (χ3v) is 4.19. The molecule has 0 aliphatic carbocycles. The number of methoxy groups -OCH3 is 2. The first-order valence-corrected chi connectivity index (χ1v) is 8.93. The highest BCUT2D eigenvalue weighted by molar-refractivity contribution is 6.04. The number of nitrogens with zero attached hydrogens (tertiary/aromatic N) is 2. The molecule has 8 heteroatoms. The molecular formula is C21H21FN4O3. The van der Waals surface area contributed by atoms with Gasteiger partial charge in [-0.2, -0.15) is 0 Å². The first-order valence-electron chi connectivity index (χ1n) is 8.93. The summed E-state index contributed by atoms with van der Waals surface area (Å²) in [7, 11) is 3.06. The van der Waals surface area contributed by atoms with E-state index in [9.17, 15) is 9.18 Å². The van der Waals surface area contributed by atoms with E-state index < -0.39 is 0 Å². The summed E-state index contributed by atoms with van der Waals surface area (Å²) in [6.45, 7) is 0.470. The van der Waals surface area contributed by atoms with E-state index in [1.807, 2.05) is 0 Å². The summed E-state index contributed by atoms with van der Waals surface area (Å²) in [4.78, 5) is 20.7. The van der Waals surface area contributed by atoms with E-state index in [0.29, 0.717) is 47.2 Å². The van der Waals surface area contributed by atoms with Crippen molar-refractivity contribution in [1.82, 2.24) is 9.97 Å². The van der Waals surface area contributed by atoms with Crippen molar-refractivity contribution in [3.63, 3.8) is 0 Å². The average molecular weight is 396 g/mol. The van der Waals surface area contributed by atoms with Gasteiger partial charge < -0.3 is 20.1 Å². The molecule has 3 aromatic rings. The van der Waals surface area contributed by atoms with E-state index in [2.05, 4.69) is 20.6 Å². The molecule has 0 bridgehead atoms. The summed E-state index contributed by atoms with van der Waals surface area (Å²) in [5.41, 5.74) is 1.48. The van der Waals surface area contributed by atoms with Crippen molar-refractivity contribution < 1.29 is 18.7 Å². The Balaban J connectivity index is 1.56. The van der Waals surface area contributed by atoms with Crippen LogP contribution in [0.5, 0.6) is 11.5 Å². The first-order chi connectivity index (χ1) is 14.1. The Bertz CT molecular complexity index is 980. The molecule has 0 unspecified atom stereocenters. The molecule has 1 amide bonds. The van der Waals surface area contributed by atoms with Crippen LogP contribution in [-0.4, -0.2) is 36.6 Å². The number of anilines is 2. The number of nitrogens with one attached hydrogen (secondary N) is 2. The Labute approximate surface area is 167 Å². The van der Waals surface area contributed by atoms with E-state index >= 15 is 0 Å². The van der Waals surface area contributed by atoms with E-state index in [-0.39, 0.29) is 11.7 Å². The van der Waals surface area contributed by atoms with Gasteiger partial charge in [-0.1, -0.05) is 18.2 Å². The molecule has 1 heterocycles. The number of rotatable bonds is 8. The topological polar surface area (TPSA) is 85.4 Å². The van der Waals surface area contributed by atoms with Crippen LogP contribution in [0, 0.1) is 5.82 Å². The Morgan fingerprint density at radius 3 is 2.45 bits per heavy atom. The number of carbonyl (C=O) groups excluding carboxylic acids is 1. The van der Waals surface area contributed by atoms with Gasteiger partial charge in [0.25, 0.3) is 5.91 Å². The van der Waals surface area contributed by atoms with Crippen LogP contribution in [0.15, 0.2) is 54.9 Å². The lowest BCUT2D eigenvalue weighted by Crippen LogP contribution is -2.14. The zero-order valence-corrected chi connectivity index (χ0v) is 16.1. The molecule has 150 valence electrons. The molecule has 0 radical (unpaired) electrons. The zero-order chi connectivity index (χ0) is 20.6. The van der Waals surface area contributed by atoms with Crippen LogP contribution in [0.25, 0.3) is 0 Å². The van der Waals surface area contributed by atoms with Crippen LogP contribution in [0.3, 0.4) is 0 Å². The highest BCUT2D eigenvalue weighted by atomic mass is 19.1. The van der Waals surface area contributed by atoms with Crippen molar-refractivity contribution in [3.8, 4) is 11.5 Å². The van der Waals surface area contributed by atoms with E-state index in [1.165, 1.54) is 25.6 Å². The Kier molecular flexibility index (Phi) is 6.57. The van der Waals surface area contributed by atoms with Gasteiger partial charge in [0.05, 0.1) is 19.8 Å². The fourth-order valence-corrected chi connectivity index (χ4v) is 2.66. The van der Waals surface area contributed by atoms with Crippen molar-refractivity contribution >= 4 is 17.5 Å². The fraction of sp³-hybridized carbons (Fsp3) is 0.190. The minimum absolute atomic E-state index is 0.239. The molecule has 0 atom stereocenters. The summed E-state index contributed by atoms with van der Waals surface area (Å²) in [5.74, 6) is 0.854. The summed E-state index contributed by atoms with van der Waals surface area (Å²) in [5, 5.41) is 5.77. The Morgan fingerprint density at radius 2 is 1.76 bits per heavy atom. The lowest BCUT2D eigenvalue weighted by molar-refractivity contribution is 0.102. The van der Waals surface area contributed by atoms with E-state index in [0.717, 1.165) is 0 Å². The molecule has 0 saturated carbocycles. The normalized spacial score (nSPS) is 10.3. The average Bonchev–Trinajstić information content (AvgIpc) is 2.75. The maximum atomic E-state index is 13.6. The van der Waals surface area contributed by atoms with Gasteiger partial charge in [-0.25, -0.2) is 14.4 Å². The van der Waals surface area contributed by atoms with Gasteiger partial charge in [0.15, 0.2) is 11.5 Å². The van der Waals surface area contributed by atoms with Crippen LogP contribution in [0.4, 0.5) is 16.0 Å². The SMILES string of the molecule is COc1ccc(NC(=O)c2cnc(NCCc3ccccc3F)nc2)cc1OC. The molecule has 0 aliphatic rings. The van der Waals surface area contributed by atoms with Crippen molar-refractivity contribution in [3.05, 3.63) is 71.8 Å². The van der Waals surface area contributed by atoms with Crippen molar-refractivity contribution in [2.75, 3.05) is 31.4 Å². The van der Waals surface area contributed by atoms with Gasteiger partial charge in [-0.15, -0.1) is 0 Å². The summed E-state index contributed by atoms with van der Waals surface area (Å²) in [6, 6.07) is 11.7. The standard InChI is InChI=1S/C21H21FN4O3/c1-28-18-8-7-16(11-19(18)29-2)26-20(27)15-12-24-21(25-13-15)23-10-9-14-5-3-4-6-17(14)22/h3-8,11-13H,9-10H2,1-2H3,(H,26,27)(H,23,24,25).